The zero-order chi connectivity index (χ0) is 104. The van der Waals surface area contributed by atoms with Gasteiger partial charge >= 0.3 is 41.8 Å². The molecule has 0 aliphatic heterocycles. The van der Waals surface area contributed by atoms with Gasteiger partial charge in [-0.05, 0) is 312 Å². The molecule has 0 unspecified atom stereocenters. The van der Waals surface area contributed by atoms with Gasteiger partial charge in [0.15, 0.2) is 0 Å². The number of hydrazone groups is 3. The van der Waals surface area contributed by atoms with Crippen LogP contribution in [-0.4, -0.2) is 115 Å². The summed E-state index contributed by atoms with van der Waals surface area (Å²) in [5.74, 6) is 0.233. The van der Waals surface area contributed by atoms with E-state index in [0.29, 0.717) is 123 Å². The molecule has 12 aromatic carbocycles. The van der Waals surface area contributed by atoms with E-state index in [0.717, 1.165) is 199 Å². The van der Waals surface area contributed by atoms with Crippen molar-refractivity contribution in [2.45, 2.75) is 149 Å². The van der Waals surface area contributed by atoms with Gasteiger partial charge in [0.05, 0.1) is 111 Å². The molecule has 15 rings (SSSR count). The minimum atomic E-state index is -0.556. The summed E-state index contributed by atoms with van der Waals surface area (Å²) in [4.78, 5) is 99.2. The number of aryl methyl sites for hydroxylation is 3. The number of nitrogens with one attached hydrogen (secondary N) is 3. The zero-order valence-electron chi connectivity index (χ0n) is 83.8. The lowest BCUT2D eigenvalue weighted by Gasteiger charge is -2.11. The highest BCUT2D eigenvalue weighted by molar-refractivity contribution is 7.22. The Morgan fingerprint density at radius 1 is 0.295 bits per heavy atom. The number of unbranched alkanes of at least 4 members (excludes halogenated alkanes) is 11. The second kappa shape index (κ2) is 59.9. The second-order valence-electron chi connectivity index (χ2n) is 34.4. The number of hydrogen-bond donors (Lipinski definition) is 3. The third-order valence-electron chi connectivity index (χ3n) is 23.1. The molecule has 29 heteroatoms. The molecule has 15 aromatic rings. The molecule has 0 aliphatic rings. The van der Waals surface area contributed by atoms with Crippen LogP contribution in [0.25, 0.3) is 52.9 Å². The molecule has 0 aliphatic carbocycles. The van der Waals surface area contributed by atoms with E-state index in [1.165, 1.54) is 57.3 Å². The largest absolute Gasteiger partial charge is 0.494 e. The van der Waals surface area contributed by atoms with Gasteiger partial charge in [-0.1, -0.05) is 203 Å². The highest BCUT2D eigenvalue weighted by Gasteiger charge is 2.20. The standard InChI is InChI=1S/C42H43N3O7S.2C39H39N3O5S/c1-3-5-8-13-30-16-25-37(33(28-30)29-43-45-42-44-36-14-9-10-15-38(36)53-42)52-41(48)32-19-23-35(24-20-32)51-40(47)31-17-21-34(22-18-31)49-26-11-6-7-12-27-50-39(46)4-2;1-3-11-28-14-16-29(17-15-28)31-20-23-35(32(26-31)27-40-42-39-41-34-12-7-8-13-36(34)48-39)47-38(44)30-18-21-33(22-19-30)45-24-9-5-6-10-25-46-37(43)4-2;1-3-11-28-14-16-29(17-15-28)34-23-22-33(26-31(34)27-40-42-39-41-35-12-7-8-13-36(35)48-39)47-38(44)30-18-20-32(21-19-30)45-24-9-5-6-10-25-46-37(43)4-2/h4,9-10,14-25,28-29H,2-3,5-8,11-13,26-27H2,1H3,(H,44,45);2*4,7-8,12-23,26-27H,2-3,5-6,9-11,24-25H2,1H3,(H,41,42)/b43-29+;2*40-27+. The van der Waals surface area contributed by atoms with Crippen molar-refractivity contribution in [2.24, 2.45) is 15.3 Å². The van der Waals surface area contributed by atoms with E-state index in [2.05, 4.69) is 136 Å². The highest BCUT2D eigenvalue weighted by atomic mass is 32.1. The van der Waals surface area contributed by atoms with E-state index in [9.17, 15) is 33.6 Å². The molecular formula is C120H121N9O17S3. The number of aromatic nitrogens is 3. The first-order valence-electron chi connectivity index (χ1n) is 50.0. The summed E-state index contributed by atoms with van der Waals surface area (Å²) in [5, 5.41) is 15.3. The SMILES string of the molecule is C=CC(=O)OCCCCCCOc1ccc(C(=O)Oc2ccc(-c3ccc(CCC)cc3)c(/C=N/Nc3nc4ccccc4s3)c2)cc1.C=CC(=O)OCCCCCCOc1ccc(C(=O)Oc2ccc(-c3ccc(CCC)cc3)cc2/C=N/Nc2nc3ccccc3s2)cc1.C=CC(=O)OCCCCCCOc1ccc(C(=O)Oc2ccc(C(=O)Oc3ccc(CCCCC)cc3/C=N/Nc3nc4ccccc4s3)cc2)cc1. The Balaban J connectivity index is 0.000000187. The number of carbonyl (C=O) groups excluding carboxylic acids is 7. The fourth-order valence-electron chi connectivity index (χ4n) is 15.3. The fourth-order valence-corrected chi connectivity index (χ4v) is 17.7. The van der Waals surface area contributed by atoms with E-state index in [1.54, 1.807) is 134 Å². The Hall–Kier alpha value is -16.4. The number of nitrogens with zero attached hydrogens (tertiary/aromatic N) is 6. The van der Waals surface area contributed by atoms with Gasteiger partial charge in [0, 0.05) is 34.9 Å². The minimum Gasteiger partial charge on any atom is -0.494 e. The summed E-state index contributed by atoms with van der Waals surface area (Å²) < 4.78 is 58.6. The lowest BCUT2D eigenvalue weighted by molar-refractivity contribution is -0.138. The average molecular weight is 2060 g/mol. The summed E-state index contributed by atoms with van der Waals surface area (Å²) in [6.07, 6.45) is 27.7. The van der Waals surface area contributed by atoms with Crippen LogP contribution in [0.2, 0.25) is 0 Å². The summed E-state index contributed by atoms with van der Waals surface area (Å²) in [6, 6.07) is 84.5. The molecule has 3 N–H and O–H groups in total. The van der Waals surface area contributed by atoms with Crippen molar-refractivity contribution in [1.82, 2.24) is 15.0 Å². The summed E-state index contributed by atoms with van der Waals surface area (Å²) >= 11 is 4.54. The van der Waals surface area contributed by atoms with Crippen molar-refractivity contribution < 1.29 is 80.9 Å². The van der Waals surface area contributed by atoms with Crippen LogP contribution < -0.4 is 49.4 Å². The average Bonchev–Trinajstić information content (AvgIpc) is 1.54. The van der Waals surface area contributed by atoms with Crippen LogP contribution in [0, 0.1) is 0 Å². The first-order chi connectivity index (χ1) is 72.9. The van der Waals surface area contributed by atoms with Gasteiger partial charge in [0.25, 0.3) is 0 Å². The van der Waals surface area contributed by atoms with Gasteiger partial charge in [0.2, 0.25) is 15.4 Å². The van der Waals surface area contributed by atoms with Crippen LogP contribution >= 0.6 is 34.0 Å². The summed E-state index contributed by atoms with van der Waals surface area (Å²) in [5.41, 5.74) is 23.1. The molecule has 149 heavy (non-hydrogen) atoms. The lowest BCUT2D eigenvalue weighted by atomic mass is 9.98. The zero-order valence-corrected chi connectivity index (χ0v) is 86.2. The van der Waals surface area contributed by atoms with Gasteiger partial charge in [0.1, 0.15) is 40.2 Å². The van der Waals surface area contributed by atoms with Crippen LogP contribution in [0.5, 0.6) is 40.2 Å². The molecule has 3 aromatic heterocycles. The third-order valence-corrected chi connectivity index (χ3v) is 25.9. The first kappa shape index (κ1) is 110. The number of fused-ring (bicyclic) bond motifs is 3. The van der Waals surface area contributed by atoms with E-state index in [1.807, 2.05) is 109 Å². The van der Waals surface area contributed by atoms with Crippen molar-refractivity contribution in [3.63, 3.8) is 0 Å². The van der Waals surface area contributed by atoms with Gasteiger partial charge in [-0.15, -0.1) is 0 Å². The van der Waals surface area contributed by atoms with Gasteiger partial charge in [-0.25, -0.2) is 48.5 Å². The Morgan fingerprint density at radius 2 is 0.631 bits per heavy atom. The van der Waals surface area contributed by atoms with Crippen molar-refractivity contribution in [3.05, 3.63) is 367 Å². The number of esters is 7. The molecule has 766 valence electrons. The van der Waals surface area contributed by atoms with Crippen molar-refractivity contribution in [3.8, 4) is 62.5 Å². The Labute approximate surface area is 880 Å². The normalized spacial score (nSPS) is 11.0. The first-order valence-corrected chi connectivity index (χ1v) is 52.5. The summed E-state index contributed by atoms with van der Waals surface area (Å²) in [7, 11) is 0. The van der Waals surface area contributed by atoms with Gasteiger partial charge < -0.3 is 47.4 Å². The molecule has 3 heterocycles. The highest BCUT2D eigenvalue weighted by Crippen LogP contribution is 2.35. The van der Waals surface area contributed by atoms with Crippen LogP contribution in [0.15, 0.2) is 326 Å². The van der Waals surface area contributed by atoms with Crippen LogP contribution in [0.1, 0.15) is 205 Å². The maximum absolute atomic E-state index is 13.2. The van der Waals surface area contributed by atoms with Crippen molar-refractivity contribution >= 4 is 140 Å². The summed E-state index contributed by atoms with van der Waals surface area (Å²) in [6.45, 7) is 19.5. The fraction of sp³-hybridized carbons (Fsp3) is 0.242. The number of carbonyl (C=O) groups is 7. The van der Waals surface area contributed by atoms with Gasteiger partial charge in [-0.2, -0.15) is 15.3 Å². The quantitative estimate of drug-likeness (QED) is 0.00606. The predicted octanol–water partition coefficient (Wildman–Crippen LogP) is 28.1. The van der Waals surface area contributed by atoms with Crippen LogP contribution in [-0.2, 0) is 47.9 Å². The molecule has 0 saturated heterocycles. The lowest BCUT2D eigenvalue weighted by Crippen LogP contribution is -2.11. The van der Waals surface area contributed by atoms with Crippen molar-refractivity contribution in [1.29, 1.82) is 0 Å². The number of rotatable bonds is 54. The number of anilines is 3. The Bertz CT molecular complexity index is 6930. The molecule has 0 saturated carbocycles. The number of ether oxygens (including phenoxy) is 10. The van der Waals surface area contributed by atoms with Crippen LogP contribution in [0.4, 0.5) is 15.4 Å². The smallest absolute Gasteiger partial charge is 0.343 e. The van der Waals surface area contributed by atoms with Crippen LogP contribution in [0.3, 0.4) is 0 Å². The number of thiazole rings is 3. The monoisotopic (exact) mass is 2060 g/mol. The number of hydrogen-bond acceptors (Lipinski definition) is 29. The maximum Gasteiger partial charge on any atom is 0.343 e. The Kier molecular flexibility index (Phi) is 44.2. The molecule has 0 amide bonds. The van der Waals surface area contributed by atoms with E-state index in [4.69, 9.17) is 47.4 Å². The Morgan fingerprint density at radius 3 is 1.02 bits per heavy atom. The molecule has 0 fully saturated rings. The second-order valence-corrected chi connectivity index (χ2v) is 37.4. The molecule has 26 nitrogen and oxygen atoms in total. The van der Waals surface area contributed by atoms with Crippen molar-refractivity contribution in [2.75, 3.05) is 55.9 Å². The van der Waals surface area contributed by atoms with E-state index < -0.39 is 41.8 Å². The maximum atomic E-state index is 13.2. The minimum absolute atomic E-state index is 0.288. The molecule has 0 atom stereocenters. The van der Waals surface area contributed by atoms with Gasteiger partial charge in [-0.3, -0.25) is 16.3 Å². The topological polar surface area (TPSA) is 324 Å². The van der Waals surface area contributed by atoms with E-state index >= 15 is 0 Å². The number of benzene rings is 12. The predicted molar refractivity (Wildman–Crippen MR) is 595 cm³/mol. The molecule has 0 radical (unpaired) electrons. The molecular weight excluding hydrogens is 1940 g/mol. The molecule has 0 bridgehead atoms. The van der Waals surface area contributed by atoms with E-state index in [-0.39, 0.29) is 5.75 Å². The number of para-hydroxylation sites is 3. The molecule has 0 spiro atoms. The third kappa shape index (κ3) is 36.1.